The van der Waals surface area contributed by atoms with Gasteiger partial charge in [-0.1, -0.05) is 12.2 Å². The molecule has 0 fully saturated rings. The van der Waals surface area contributed by atoms with Crippen molar-refractivity contribution >= 4 is 11.6 Å². The van der Waals surface area contributed by atoms with E-state index in [4.69, 9.17) is 5.11 Å². The lowest BCUT2D eigenvalue weighted by atomic mass is 9.98. The van der Waals surface area contributed by atoms with Crippen molar-refractivity contribution in [1.29, 1.82) is 0 Å². The van der Waals surface area contributed by atoms with Gasteiger partial charge in [-0.3, -0.25) is 9.59 Å². The van der Waals surface area contributed by atoms with Crippen LogP contribution in [0.15, 0.2) is 24.3 Å². The predicted octanol–water partition coefficient (Wildman–Crippen LogP) is 1.09. The zero-order valence-electron chi connectivity index (χ0n) is 8.43. The van der Waals surface area contributed by atoms with Crippen LogP contribution >= 0.6 is 0 Å². The number of ketones is 2. The summed E-state index contributed by atoms with van der Waals surface area (Å²) in [7, 11) is 0. The molecular weight excluding hydrogens is 180 g/mol. The lowest BCUT2D eigenvalue weighted by Crippen LogP contribution is -2.20. The Bertz CT molecular complexity index is 251. The summed E-state index contributed by atoms with van der Waals surface area (Å²) in [6, 6.07) is 0. The lowest BCUT2D eigenvalue weighted by Gasteiger charge is -2.06. The number of aliphatic hydroxyl groups is 1. The van der Waals surface area contributed by atoms with E-state index in [-0.39, 0.29) is 18.2 Å². The maximum Gasteiger partial charge on any atom is 0.161 e. The van der Waals surface area contributed by atoms with Crippen LogP contribution in [0.5, 0.6) is 0 Å². The second kappa shape index (κ2) is 7.21. The largest absolute Gasteiger partial charge is 0.396 e. The Kier molecular flexibility index (Phi) is 6.58. The summed E-state index contributed by atoms with van der Waals surface area (Å²) in [5, 5.41) is 8.88. The molecule has 0 saturated heterocycles. The molecule has 0 aliphatic rings. The molecule has 0 saturated carbocycles. The topological polar surface area (TPSA) is 54.4 Å². The predicted molar refractivity (Wildman–Crippen MR) is 54.5 cm³/mol. The molecule has 1 N–H and O–H groups in total. The number of hydrogen-bond donors (Lipinski definition) is 1. The van der Waals surface area contributed by atoms with Crippen LogP contribution in [-0.4, -0.2) is 23.3 Å². The molecule has 14 heavy (non-hydrogen) atoms. The van der Waals surface area contributed by atoms with Crippen molar-refractivity contribution < 1.29 is 14.7 Å². The number of allylic oxidation sites excluding steroid dienone is 4. The summed E-state index contributed by atoms with van der Waals surface area (Å²) >= 11 is 0. The van der Waals surface area contributed by atoms with Crippen LogP contribution < -0.4 is 0 Å². The van der Waals surface area contributed by atoms with Gasteiger partial charge in [0.1, 0.15) is 0 Å². The Balaban J connectivity index is 4.28. The van der Waals surface area contributed by atoms with Crippen molar-refractivity contribution in [2.75, 3.05) is 6.61 Å². The molecule has 0 spiro atoms. The summed E-state index contributed by atoms with van der Waals surface area (Å²) in [6.07, 6.45) is 7.10. The standard InChI is InChI=1S/C11H15O3/c1-3-5-10(13)7-9(8-12)11(14)6-4-2/h3-7,9,12H,8H2,1-2H3. The molecule has 0 aromatic carbocycles. The van der Waals surface area contributed by atoms with E-state index in [1.807, 2.05) is 0 Å². The molecule has 77 valence electrons. The molecule has 3 nitrogen and oxygen atoms in total. The second-order valence-corrected chi connectivity index (χ2v) is 2.76. The molecule has 1 radical (unpaired) electrons. The quantitative estimate of drug-likeness (QED) is 0.645. The van der Waals surface area contributed by atoms with Gasteiger partial charge in [0.2, 0.25) is 0 Å². The van der Waals surface area contributed by atoms with E-state index in [0.717, 1.165) is 0 Å². The number of rotatable bonds is 6. The molecule has 0 aliphatic carbocycles. The van der Waals surface area contributed by atoms with Gasteiger partial charge < -0.3 is 5.11 Å². The minimum absolute atomic E-state index is 0.257. The van der Waals surface area contributed by atoms with E-state index in [1.165, 1.54) is 18.6 Å². The fourth-order valence-corrected chi connectivity index (χ4v) is 0.931. The SMILES string of the molecule is CC=CC(=O)[CH]C(CO)C(=O)C=CC. The molecule has 0 aliphatic heterocycles. The van der Waals surface area contributed by atoms with Crippen LogP contribution in [0.2, 0.25) is 0 Å². The number of aliphatic hydroxyl groups excluding tert-OH is 1. The van der Waals surface area contributed by atoms with Gasteiger partial charge in [-0.2, -0.15) is 0 Å². The molecule has 0 rings (SSSR count). The van der Waals surface area contributed by atoms with Crippen LogP contribution in [0.3, 0.4) is 0 Å². The van der Waals surface area contributed by atoms with Gasteiger partial charge in [-0.25, -0.2) is 0 Å². The fraction of sp³-hybridized carbons (Fsp3) is 0.364. The zero-order chi connectivity index (χ0) is 11.0. The highest BCUT2D eigenvalue weighted by Gasteiger charge is 2.17. The Morgan fingerprint density at radius 2 is 1.79 bits per heavy atom. The number of carbonyl (C=O) groups excluding carboxylic acids is 2. The molecule has 0 bridgehead atoms. The summed E-state index contributed by atoms with van der Waals surface area (Å²) < 4.78 is 0. The lowest BCUT2D eigenvalue weighted by molar-refractivity contribution is -0.121. The van der Waals surface area contributed by atoms with Crippen LogP contribution in [0, 0.1) is 12.3 Å². The fourth-order valence-electron chi connectivity index (χ4n) is 0.931. The highest BCUT2D eigenvalue weighted by molar-refractivity contribution is 6.03. The third-order valence-electron chi connectivity index (χ3n) is 1.59. The molecule has 0 heterocycles. The van der Waals surface area contributed by atoms with E-state index in [0.29, 0.717) is 0 Å². The van der Waals surface area contributed by atoms with Gasteiger partial charge >= 0.3 is 0 Å². The van der Waals surface area contributed by atoms with E-state index < -0.39 is 5.92 Å². The van der Waals surface area contributed by atoms with Gasteiger partial charge in [0.05, 0.1) is 12.5 Å². The highest BCUT2D eigenvalue weighted by atomic mass is 16.3. The van der Waals surface area contributed by atoms with E-state index >= 15 is 0 Å². The Labute approximate surface area is 84.1 Å². The van der Waals surface area contributed by atoms with Gasteiger partial charge in [-0.15, -0.1) is 0 Å². The summed E-state index contributed by atoms with van der Waals surface area (Å²) in [5.74, 6) is -1.24. The van der Waals surface area contributed by atoms with Crippen molar-refractivity contribution in [3.05, 3.63) is 30.7 Å². The smallest absolute Gasteiger partial charge is 0.161 e. The minimum Gasteiger partial charge on any atom is -0.396 e. The molecule has 1 unspecified atom stereocenters. The first kappa shape index (κ1) is 12.8. The van der Waals surface area contributed by atoms with E-state index in [2.05, 4.69) is 0 Å². The third kappa shape index (κ3) is 4.72. The monoisotopic (exact) mass is 195 g/mol. The van der Waals surface area contributed by atoms with Crippen LogP contribution in [0.25, 0.3) is 0 Å². The zero-order valence-corrected chi connectivity index (χ0v) is 8.43. The first-order valence-corrected chi connectivity index (χ1v) is 4.44. The van der Waals surface area contributed by atoms with Gasteiger partial charge in [0.15, 0.2) is 11.6 Å². The first-order valence-electron chi connectivity index (χ1n) is 4.44. The molecule has 3 heteroatoms. The van der Waals surface area contributed by atoms with Crippen molar-refractivity contribution in [2.45, 2.75) is 13.8 Å². The van der Waals surface area contributed by atoms with Gasteiger partial charge in [0, 0.05) is 6.42 Å². The average molecular weight is 195 g/mol. The normalized spacial score (nSPS) is 13.6. The first-order chi connectivity index (χ1) is 6.65. The summed E-state index contributed by atoms with van der Waals surface area (Å²) in [5.41, 5.74) is 0. The molecular formula is C11H15O3. The Morgan fingerprint density at radius 1 is 1.21 bits per heavy atom. The molecule has 0 amide bonds. The molecule has 0 aromatic heterocycles. The van der Waals surface area contributed by atoms with E-state index in [9.17, 15) is 9.59 Å². The molecule has 0 aromatic rings. The van der Waals surface area contributed by atoms with Crippen molar-refractivity contribution in [3.63, 3.8) is 0 Å². The summed E-state index contributed by atoms with van der Waals surface area (Å²) in [4.78, 5) is 22.4. The Hall–Kier alpha value is -1.22. The number of carbonyl (C=O) groups is 2. The van der Waals surface area contributed by atoms with Crippen molar-refractivity contribution in [2.24, 2.45) is 5.92 Å². The van der Waals surface area contributed by atoms with Gasteiger partial charge in [-0.05, 0) is 26.0 Å². The maximum absolute atomic E-state index is 11.3. The minimum atomic E-state index is -0.727. The van der Waals surface area contributed by atoms with Crippen LogP contribution in [0.4, 0.5) is 0 Å². The second-order valence-electron chi connectivity index (χ2n) is 2.76. The number of hydrogen-bond acceptors (Lipinski definition) is 3. The maximum atomic E-state index is 11.3. The van der Waals surface area contributed by atoms with Crippen LogP contribution in [0.1, 0.15) is 13.8 Å². The third-order valence-corrected chi connectivity index (χ3v) is 1.59. The Morgan fingerprint density at radius 3 is 2.21 bits per heavy atom. The van der Waals surface area contributed by atoms with Crippen LogP contribution in [-0.2, 0) is 9.59 Å². The van der Waals surface area contributed by atoms with E-state index in [1.54, 1.807) is 26.0 Å². The van der Waals surface area contributed by atoms with Crippen molar-refractivity contribution in [1.82, 2.24) is 0 Å². The highest BCUT2D eigenvalue weighted by Crippen LogP contribution is 2.05. The van der Waals surface area contributed by atoms with Gasteiger partial charge in [0.25, 0.3) is 0 Å². The average Bonchev–Trinajstić information content (AvgIpc) is 2.15. The summed E-state index contributed by atoms with van der Waals surface area (Å²) in [6.45, 7) is 3.08. The van der Waals surface area contributed by atoms with Crippen molar-refractivity contribution in [3.8, 4) is 0 Å². The molecule has 1 atom stereocenters.